The lowest BCUT2D eigenvalue weighted by atomic mass is 10.2. The molecule has 2 aromatic carbocycles. The lowest BCUT2D eigenvalue weighted by Crippen LogP contribution is -2.20. The Morgan fingerprint density at radius 3 is 2.71 bits per heavy atom. The highest BCUT2D eigenvalue weighted by Gasteiger charge is 2.12. The molecule has 3 rings (SSSR count). The average Bonchev–Trinajstić information content (AvgIpc) is 3.14. The topological polar surface area (TPSA) is 81.9 Å². The quantitative estimate of drug-likeness (QED) is 0.544. The molecule has 0 unspecified atom stereocenters. The summed E-state index contributed by atoms with van der Waals surface area (Å²) in [5, 5.41) is 15.5. The first-order valence-corrected chi connectivity index (χ1v) is 9.57. The molecular formula is C19H19Cl2N5O2. The second-order valence-corrected chi connectivity index (χ2v) is 6.80. The first-order valence-electron chi connectivity index (χ1n) is 8.81. The van der Waals surface area contributed by atoms with Crippen LogP contribution in [0.2, 0.25) is 10.0 Å². The maximum Gasteiger partial charge on any atom is 0.248 e. The second kappa shape index (κ2) is 9.52. The highest BCUT2D eigenvalue weighted by atomic mass is 35.5. The first kappa shape index (κ1) is 20.1. The maximum atomic E-state index is 12.2. The third-order valence-corrected chi connectivity index (χ3v) is 4.66. The number of nitrogens with zero attached hydrogens (tertiary/aromatic N) is 4. The summed E-state index contributed by atoms with van der Waals surface area (Å²) in [5.74, 6) is 0.879. The maximum absolute atomic E-state index is 12.2. The van der Waals surface area contributed by atoms with Gasteiger partial charge in [0.05, 0.1) is 22.3 Å². The van der Waals surface area contributed by atoms with E-state index >= 15 is 0 Å². The van der Waals surface area contributed by atoms with Crippen molar-refractivity contribution in [1.82, 2.24) is 20.2 Å². The van der Waals surface area contributed by atoms with Crippen LogP contribution in [0.5, 0.6) is 5.75 Å². The van der Waals surface area contributed by atoms with Crippen LogP contribution in [0, 0.1) is 0 Å². The Labute approximate surface area is 172 Å². The molecule has 0 atom stereocenters. The molecule has 7 nitrogen and oxygen atoms in total. The van der Waals surface area contributed by atoms with Crippen LogP contribution in [0.4, 0.5) is 5.69 Å². The lowest BCUT2D eigenvalue weighted by molar-refractivity contribution is -0.117. The Balaban J connectivity index is 1.60. The van der Waals surface area contributed by atoms with Crippen molar-refractivity contribution < 1.29 is 9.53 Å². The number of nitrogens with one attached hydrogen (secondary N) is 1. The Morgan fingerprint density at radius 1 is 1.18 bits per heavy atom. The van der Waals surface area contributed by atoms with E-state index in [0.717, 1.165) is 24.2 Å². The molecule has 1 N–H and O–H groups in total. The molecule has 1 amide bonds. The minimum Gasteiger partial charge on any atom is -0.494 e. The predicted octanol–water partition coefficient (Wildman–Crippen LogP) is 4.46. The lowest BCUT2D eigenvalue weighted by Gasteiger charge is -2.07. The molecule has 0 aliphatic carbocycles. The number of unbranched alkanes of at least 4 members (excludes halogenated alkanes) is 1. The van der Waals surface area contributed by atoms with Crippen molar-refractivity contribution >= 4 is 34.8 Å². The number of hydrogen-bond acceptors (Lipinski definition) is 5. The van der Waals surface area contributed by atoms with Gasteiger partial charge in [-0.15, -0.1) is 10.2 Å². The molecule has 1 heterocycles. The van der Waals surface area contributed by atoms with Crippen molar-refractivity contribution in [2.45, 2.75) is 26.3 Å². The molecule has 0 fully saturated rings. The van der Waals surface area contributed by atoms with Crippen molar-refractivity contribution in [3.05, 3.63) is 52.5 Å². The molecule has 0 aliphatic heterocycles. The zero-order chi connectivity index (χ0) is 19.9. The van der Waals surface area contributed by atoms with Crippen molar-refractivity contribution in [3.63, 3.8) is 0 Å². The van der Waals surface area contributed by atoms with E-state index in [1.54, 1.807) is 18.2 Å². The largest absolute Gasteiger partial charge is 0.494 e. The number of carbonyl (C=O) groups excluding carboxylic acids is 1. The number of halogens is 2. The third-order valence-electron chi connectivity index (χ3n) is 3.84. The highest BCUT2D eigenvalue weighted by Crippen LogP contribution is 2.29. The predicted molar refractivity (Wildman–Crippen MR) is 109 cm³/mol. The monoisotopic (exact) mass is 419 g/mol. The standard InChI is InChI=1S/C19H19Cl2N5O2/c1-2-3-11-28-14-9-7-13(8-10-14)19-23-25-26(24-19)12-17(27)22-16-6-4-5-15(20)18(16)21/h4-10H,2-3,11-12H2,1H3,(H,22,27). The van der Waals surface area contributed by atoms with E-state index in [0.29, 0.717) is 23.1 Å². The Morgan fingerprint density at radius 2 is 1.96 bits per heavy atom. The summed E-state index contributed by atoms with van der Waals surface area (Å²) in [6.07, 6.45) is 2.10. The molecule has 0 bridgehead atoms. The van der Waals surface area contributed by atoms with E-state index in [-0.39, 0.29) is 17.5 Å². The number of tetrazole rings is 1. The van der Waals surface area contributed by atoms with Crippen molar-refractivity contribution in [2.75, 3.05) is 11.9 Å². The van der Waals surface area contributed by atoms with Gasteiger partial charge < -0.3 is 10.1 Å². The SMILES string of the molecule is CCCCOc1ccc(-c2nnn(CC(=O)Nc3cccc(Cl)c3Cl)n2)cc1. The summed E-state index contributed by atoms with van der Waals surface area (Å²) in [7, 11) is 0. The zero-order valence-corrected chi connectivity index (χ0v) is 16.7. The van der Waals surface area contributed by atoms with E-state index in [4.69, 9.17) is 27.9 Å². The van der Waals surface area contributed by atoms with Crippen molar-refractivity contribution in [1.29, 1.82) is 0 Å². The van der Waals surface area contributed by atoms with Gasteiger partial charge in [-0.1, -0.05) is 42.6 Å². The smallest absolute Gasteiger partial charge is 0.248 e. The number of rotatable bonds is 8. The zero-order valence-electron chi connectivity index (χ0n) is 15.2. The normalized spacial score (nSPS) is 10.7. The molecule has 28 heavy (non-hydrogen) atoms. The first-order chi connectivity index (χ1) is 13.6. The van der Waals surface area contributed by atoms with Crippen LogP contribution in [0.1, 0.15) is 19.8 Å². The number of anilines is 1. The van der Waals surface area contributed by atoms with E-state index in [9.17, 15) is 4.79 Å². The van der Waals surface area contributed by atoms with E-state index in [1.807, 2.05) is 24.3 Å². The Kier molecular flexibility index (Phi) is 6.84. The molecule has 0 aliphatic rings. The molecular weight excluding hydrogens is 401 g/mol. The molecule has 0 saturated heterocycles. The molecule has 0 saturated carbocycles. The van der Waals surface area contributed by atoms with Crippen LogP contribution < -0.4 is 10.1 Å². The average molecular weight is 420 g/mol. The van der Waals surface area contributed by atoms with Crippen LogP contribution in [0.15, 0.2) is 42.5 Å². The van der Waals surface area contributed by atoms with Gasteiger partial charge in [0.25, 0.3) is 0 Å². The summed E-state index contributed by atoms with van der Waals surface area (Å²) in [6, 6.07) is 12.4. The number of amides is 1. The van der Waals surface area contributed by atoms with Gasteiger partial charge in [0.15, 0.2) is 0 Å². The molecule has 3 aromatic rings. The summed E-state index contributed by atoms with van der Waals surface area (Å²) < 4.78 is 5.63. The molecule has 0 spiro atoms. The van der Waals surface area contributed by atoms with Gasteiger partial charge >= 0.3 is 0 Å². The number of benzene rings is 2. The van der Waals surface area contributed by atoms with Gasteiger partial charge in [-0.05, 0) is 48.0 Å². The van der Waals surface area contributed by atoms with Crippen LogP contribution in [-0.2, 0) is 11.3 Å². The highest BCUT2D eigenvalue weighted by molar-refractivity contribution is 6.43. The number of ether oxygens (including phenoxy) is 1. The van der Waals surface area contributed by atoms with E-state index in [2.05, 4.69) is 27.7 Å². The second-order valence-electron chi connectivity index (χ2n) is 6.02. The Bertz CT molecular complexity index is 944. The number of hydrogen-bond donors (Lipinski definition) is 1. The fourth-order valence-corrected chi connectivity index (χ4v) is 2.73. The summed E-state index contributed by atoms with van der Waals surface area (Å²) in [4.78, 5) is 13.4. The van der Waals surface area contributed by atoms with Crippen molar-refractivity contribution in [2.24, 2.45) is 0 Å². The van der Waals surface area contributed by atoms with Crippen molar-refractivity contribution in [3.8, 4) is 17.1 Å². The van der Waals surface area contributed by atoms with Gasteiger partial charge in [0.2, 0.25) is 11.7 Å². The van der Waals surface area contributed by atoms with Crippen LogP contribution in [-0.4, -0.2) is 32.7 Å². The van der Waals surface area contributed by atoms with Gasteiger partial charge in [-0.25, -0.2) is 0 Å². The van der Waals surface area contributed by atoms with Gasteiger partial charge in [0, 0.05) is 5.56 Å². The fraction of sp³-hybridized carbons (Fsp3) is 0.263. The van der Waals surface area contributed by atoms with Gasteiger partial charge in [-0.2, -0.15) is 4.80 Å². The van der Waals surface area contributed by atoms with Crippen LogP contribution in [0.25, 0.3) is 11.4 Å². The van der Waals surface area contributed by atoms with Crippen LogP contribution in [0.3, 0.4) is 0 Å². The fourth-order valence-electron chi connectivity index (χ4n) is 2.38. The molecule has 9 heteroatoms. The molecule has 0 radical (unpaired) electrons. The van der Waals surface area contributed by atoms with E-state index in [1.165, 1.54) is 4.80 Å². The summed E-state index contributed by atoms with van der Waals surface area (Å²) >= 11 is 12.0. The van der Waals surface area contributed by atoms with Crippen LogP contribution >= 0.6 is 23.2 Å². The van der Waals surface area contributed by atoms with Gasteiger partial charge in [0.1, 0.15) is 12.3 Å². The molecule has 146 valence electrons. The minimum absolute atomic E-state index is 0.103. The molecule has 1 aromatic heterocycles. The Hall–Kier alpha value is -2.64. The summed E-state index contributed by atoms with van der Waals surface area (Å²) in [6.45, 7) is 2.70. The van der Waals surface area contributed by atoms with Gasteiger partial charge in [-0.3, -0.25) is 4.79 Å². The summed E-state index contributed by atoms with van der Waals surface area (Å²) in [5.41, 5.74) is 1.21. The van der Waals surface area contributed by atoms with E-state index < -0.39 is 0 Å². The third kappa shape index (κ3) is 5.21. The number of aromatic nitrogens is 4. The minimum atomic E-state index is -0.340. The number of carbonyl (C=O) groups is 1.